The Hall–Kier alpha value is -1.06. The molecule has 4 nitrogen and oxygen atoms in total. The highest BCUT2D eigenvalue weighted by molar-refractivity contribution is 5.83. The molecule has 0 rings (SSSR count). The van der Waals surface area contributed by atoms with Crippen LogP contribution in [0.15, 0.2) is 0 Å². The van der Waals surface area contributed by atoms with Crippen molar-refractivity contribution in [2.24, 2.45) is 11.3 Å². The van der Waals surface area contributed by atoms with Crippen LogP contribution in [-0.4, -0.2) is 23.0 Å². The maximum atomic E-state index is 11.6. The van der Waals surface area contributed by atoms with Crippen molar-refractivity contribution in [3.05, 3.63) is 0 Å². The predicted molar refractivity (Wildman–Crippen MR) is 63.1 cm³/mol. The number of nitrogens with one attached hydrogen (secondary N) is 1. The predicted octanol–water partition coefficient (Wildman–Crippen LogP) is 2.04. The number of carbonyl (C=O) groups is 2. The summed E-state index contributed by atoms with van der Waals surface area (Å²) in [5, 5.41) is 11.5. The average molecular weight is 229 g/mol. The van der Waals surface area contributed by atoms with Crippen molar-refractivity contribution in [3.8, 4) is 0 Å². The van der Waals surface area contributed by atoms with E-state index in [1.165, 1.54) is 0 Å². The third-order valence-electron chi connectivity index (χ3n) is 2.03. The third-order valence-corrected chi connectivity index (χ3v) is 2.03. The van der Waals surface area contributed by atoms with Gasteiger partial charge in [-0.3, -0.25) is 4.79 Å². The number of rotatable bonds is 5. The number of carboxylic acid groups (broad SMARTS) is 1. The van der Waals surface area contributed by atoms with Gasteiger partial charge in [0.2, 0.25) is 5.91 Å². The molecule has 4 heteroatoms. The zero-order chi connectivity index (χ0) is 12.9. The van der Waals surface area contributed by atoms with E-state index in [-0.39, 0.29) is 17.2 Å². The molecule has 0 radical (unpaired) electrons. The van der Waals surface area contributed by atoms with Gasteiger partial charge in [0.15, 0.2) is 0 Å². The summed E-state index contributed by atoms with van der Waals surface area (Å²) in [4.78, 5) is 22.5. The Kier molecular flexibility index (Phi) is 5.48. The molecule has 0 aliphatic heterocycles. The fourth-order valence-electron chi connectivity index (χ4n) is 1.42. The minimum Gasteiger partial charge on any atom is -0.480 e. The van der Waals surface area contributed by atoms with Crippen LogP contribution < -0.4 is 5.32 Å². The maximum absolute atomic E-state index is 11.6. The zero-order valence-electron chi connectivity index (χ0n) is 10.8. The summed E-state index contributed by atoms with van der Waals surface area (Å²) in [5.41, 5.74) is -0.120. The van der Waals surface area contributed by atoms with Gasteiger partial charge in [0.05, 0.1) is 0 Å². The minimum atomic E-state index is -0.962. The van der Waals surface area contributed by atoms with E-state index in [9.17, 15) is 9.59 Å². The van der Waals surface area contributed by atoms with Crippen LogP contribution in [0.4, 0.5) is 0 Å². The van der Waals surface area contributed by atoms with E-state index >= 15 is 0 Å². The van der Waals surface area contributed by atoms with Crippen molar-refractivity contribution in [2.75, 3.05) is 0 Å². The van der Waals surface area contributed by atoms with Crippen LogP contribution in [0.5, 0.6) is 0 Å². The lowest BCUT2D eigenvalue weighted by molar-refractivity contribution is -0.142. The van der Waals surface area contributed by atoms with Gasteiger partial charge in [-0.05, 0) is 17.8 Å². The maximum Gasteiger partial charge on any atom is 0.326 e. The van der Waals surface area contributed by atoms with Crippen molar-refractivity contribution in [3.63, 3.8) is 0 Å². The number of aliphatic carboxylic acids is 1. The molecule has 1 atom stereocenters. The molecule has 0 aromatic heterocycles. The summed E-state index contributed by atoms with van der Waals surface area (Å²) >= 11 is 0. The Morgan fingerprint density at radius 2 is 1.75 bits per heavy atom. The molecule has 0 aliphatic rings. The van der Waals surface area contributed by atoms with Gasteiger partial charge in [-0.25, -0.2) is 4.79 Å². The Bertz CT molecular complexity index is 253. The molecular formula is C12H23NO3. The van der Waals surface area contributed by atoms with Crippen molar-refractivity contribution in [1.29, 1.82) is 0 Å². The molecule has 0 saturated heterocycles. The summed E-state index contributed by atoms with van der Waals surface area (Å²) in [5.74, 6) is -0.910. The number of hydrogen-bond acceptors (Lipinski definition) is 2. The van der Waals surface area contributed by atoms with E-state index in [1.54, 1.807) is 0 Å². The molecule has 0 aliphatic carbocycles. The standard InChI is InChI=1S/C12H23NO3/c1-8(2)6-9(11(15)16)13-10(14)7-12(3,4)5/h8-9H,6-7H2,1-5H3,(H,13,14)(H,15,16)/t9-/m1/s1. The first kappa shape index (κ1) is 14.9. The van der Waals surface area contributed by atoms with Crippen molar-refractivity contribution in [1.82, 2.24) is 5.32 Å². The SMILES string of the molecule is CC(C)C[C@@H](NC(=O)CC(C)(C)C)C(=O)O. The lowest BCUT2D eigenvalue weighted by Crippen LogP contribution is -2.42. The molecule has 94 valence electrons. The summed E-state index contributed by atoms with van der Waals surface area (Å²) in [6.45, 7) is 9.72. The first-order chi connectivity index (χ1) is 7.11. The van der Waals surface area contributed by atoms with Crippen LogP contribution in [0.1, 0.15) is 47.5 Å². The highest BCUT2D eigenvalue weighted by Gasteiger charge is 2.23. The van der Waals surface area contributed by atoms with E-state index in [0.717, 1.165) is 0 Å². The summed E-state index contributed by atoms with van der Waals surface area (Å²) in [6, 6.07) is -0.769. The molecule has 0 aromatic carbocycles. The Morgan fingerprint density at radius 3 is 2.06 bits per heavy atom. The summed E-state index contributed by atoms with van der Waals surface area (Å²) in [6.07, 6.45) is 0.806. The van der Waals surface area contributed by atoms with Gasteiger partial charge in [-0.2, -0.15) is 0 Å². The quantitative estimate of drug-likeness (QED) is 0.758. The molecule has 0 fully saturated rings. The van der Waals surface area contributed by atoms with Gasteiger partial charge in [-0.1, -0.05) is 34.6 Å². The van der Waals surface area contributed by atoms with Gasteiger partial charge < -0.3 is 10.4 Å². The zero-order valence-corrected chi connectivity index (χ0v) is 10.8. The van der Waals surface area contributed by atoms with E-state index in [0.29, 0.717) is 12.8 Å². The summed E-state index contributed by atoms with van der Waals surface area (Å²) in [7, 11) is 0. The van der Waals surface area contributed by atoms with Crippen LogP contribution >= 0.6 is 0 Å². The van der Waals surface area contributed by atoms with Gasteiger partial charge >= 0.3 is 5.97 Å². The number of carbonyl (C=O) groups excluding carboxylic acids is 1. The van der Waals surface area contributed by atoms with E-state index < -0.39 is 12.0 Å². The molecule has 0 aromatic rings. The van der Waals surface area contributed by atoms with Gasteiger partial charge in [0.25, 0.3) is 0 Å². The molecule has 0 heterocycles. The Morgan fingerprint density at radius 1 is 1.25 bits per heavy atom. The second-order valence-corrected chi connectivity index (χ2v) is 5.83. The normalized spacial score (nSPS) is 13.6. The van der Waals surface area contributed by atoms with Crippen molar-refractivity contribution < 1.29 is 14.7 Å². The number of carboxylic acids is 1. The Labute approximate surface area is 97.4 Å². The molecule has 0 unspecified atom stereocenters. The summed E-state index contributed by atoms with van der Waals surface area (Å²) < 4.78 is 0. The molecule has 0 spiro atoms. The molecule has 0 bridgehead atoms. The second-order valence-electron chi connectivity index (χ2n) is 5.83. The van der Waals surface area contributed by atoms with Crippen LogP contribution in [-0.2, 0) is 9.59 Å². The van der Waals surface area contributed by atoms with Crippen LogP contribution in [0, 0.1) is 11.3 Å². The van der Waals surface area contributed by atoms with E-state index in [4.69, 9.17) is 5.11 Å². The largest absolute Gasteiger partial charge is 0.480 e. The average Bonchev–Trinajstić information content (AvgIpc) is 1.97. The first-order valence-electron chi connectivity index (χ1n) is 5.64. The molecule has 1 amide bonds. The molecule has 2 N–H and O–H groups in total. The van der Waals surface area contributed by atoms with E-state index in [2.05, 4.69) is 5.32 Å². The van der Waals surface area contributed by atoms with Crippen LogP contribution in [0.3, 0.4) is 0 Å². The fraction of sp³-hybridized carbons (Fsp3) is 0.833. The monoisotopic (exact) mass is 229 g/mol. The Balaban J connectivity index is 4.30. The highest BCUT2D eigenvalue weighted by Crippen LogP contribution is 2.18. The lowest BCUT2D eigenvalue weighted by Gasteiger charge is -2.21. The molecule has 0 saturated carbocycles. The highest BCUT2D eigenvalue weighted by atomic mass is 16.4. The van der Waals surface area contributed by atoms with Gasteiger partial charge in [-0.15, -0.1) is 0 Å². The second kappa shape index (κ2) is 5.87. The van der Waals surface area contributed by atoms with Crippen LogP contribution in [0.25, 0.3) is 0 Å². The van der Waals surface area contributed by atoms with Gasteiger partial charge in [0, 0.05) is 6.42 Å². The fourth-order valence-corrected chi connectivity index (χ4v) is 1.42. The smallest absolute Gasteiger partial charge is 0.326 e. The first-order valence-corrected chi connectivity index (χ1v) is 5.64. The molecule has 16 heavy (non-hydrogen) atoms. The van der Waals surface area contributed by atoms with Crippen molar-refractivity contribution >= 4 is 11.9 Å². The van der Waals surface area contributed by atoms with Crippen molar-refractivity contribution in [2.45, 2.75) is 53.5 Å². The molecular weight excluding hydrogens is 206 g/mol. The topological polar surface area (TPSA) is 66.4 Å². The number of amides is 1. The lowest BCUT2D eigenvalue weighted by atomic mass is 9.91. The number of hydrogen-bond donors (Lipinski definition) is 2. The van der Waals surface area contributed by atoms with Crippen LogP contribution in [0.2, 0.25) is 0 Å². The van der Waals surface area contributed by atoms with Gasteiger partial charge in [0.1, 0.15) is 6.04 Å². The third kappa shape index (κ3) is 7.26. The van der Waals surface area contributed by atoms with E-state index in [1.807, 2.05) is 34.6 Å². The minimum absolute atomic E-state index is 0.120.